The maximum atomic E-state index is 13.9. The molecule has 0 bridgehead atoms. The number of rotatable bonds is 7. The second-order valence-electron chi connectivity index (χ2n) is 9.37. The van der Waals surface area contributed by atoms with Crippen LogP contribution >= 0.6 is 23.1 Å². The quantitative estimate of drug-likeness (QED) is 0.252. The van der Waals surface area contributed by atoms with Crippen molar-refractivity contribution >= 4 is 58.2 Å². The van der Waals surface area contributed by atoms with Gasteiger partial charge in [0.2, 0.25) is 17.7 Å². The molecule has 1 saturated heterocycles. The molecule has 2 aromatic carbocycles. The number of esters is 1. The molecule has 0 saturated carbocycles. The molecule has 41 heavy (non-hydrogen) atoms. The second kappa shape index (κ2) is 10.9. The fourth-order valence-corrected chi connectivity index (χ4v) is 7.86. The van der Waals surface area contributed by atoms with Gasteiger partial charge >= 0.3 is 10.8 Å². The maximum Gasteiger partial charge on any atom is 0.338 e. The maximum absolute atomic E-state index is 13.9. The number of hydrogen-bond acceptors (Lipinski definition) is 9. The molecule has 3 atom stereocenters. The summed E-state index contributed by atoms with van der Waals surface area (Å²) < 4.78 is 12.1. The van der Waals surface area contributed by atoms with E-state index in [0.29, 0.717) is 32.6 Å². The molecule has 6 rings (SSSR count). The Hall–Kier alpha value is -4.42. The van der Waals surface area contributed by atoms with Gasteiger partial charge in [-0.05, 0) is 55.5 Å². The number of furan rings is 1. The van der Waals surface area contributed by atoms with Crippen molar-refractivity contribution in [2.45, 2.75) is 29.7 Å². The number of nitrogens with one attached hydrogen (secondary N) is 1. The lowest BCUT2D eigenvalue weighted by Gasteiger charge is -2.29. The van der Waals surface area contributed by atoms with E-state index in [9.17, 15) is 24.0 Å². The lowest BCUT2D eigenvalue weighted by Crippen LogP contribution is -2.32. The fourth-order valence-electron chi connectivity index (χ4n) is 5.11. The Kier molecular flexibility index (Phi) is 7.10. The van der Waals surface area contributed by atoms with E-state index in [2.05, 4.69) is 5.32 Å². The molecular formula is C29H23N3O7S2. The molecule has 4 aromatic rings. The highest BCUT2D eigenvalue weighted by atomic mass is 32.2. The molecule has 10 nitrogen and oxygen atoms in total. The molecule has 1 N–H and O–H groups in total. The van der Waals surface area contributed by atoms with Crippen LogP contribution < -0.4 is 15.1 Å². The molecule has 208 valence electrons. The van der Waals surface area contributed by atoms with Gasteiger partial charge in [-0.3, -0.25) is 23.7 Å². The number of nitrogens with zero attached hydrogens (tertiary/aromatic N) is 2. The van der Waals surface area contributed by atoms with E-state index in [4.69, 9.17) is 9.15 Å². The second-order valence-corrected chi connectivity index (χ2v) is 11.5. The first-order valence-corrected chi connectivity index (χ1v) is 14.5. The van der Waals surface area contributed by atoms with E-state index in [1.165, 1.54) is 35.1 Å². The zero-order valence-electron chi connectivity index (χ0n) is 21.6. The van der Waals surface area contributed by atoms with E-state index >= 15 is 0 Å². The van der Waals surface area contributed by atoms with Gasteiger partial charge in [-0.15, -0.1) is 0 Å². The first kappa shape index (κ1) is 26.8. The molecule has 1 fully saturated rings. The smallest absolute Gasteiger partial charge is 0.338 e. The highest BCUT2D eigenvalue weighted by molar-refractivity contribution is 8.00. The fraction of sp³-hybridized carbons (Fsp3) is 0.207. The average Bonchev–Trinajstić information content (AvgIpc) is 3.67. The van der Waals surface area contributed by atoms with E-state index in [1.54, 1.807) is 43.3 Å². The van der Waals surface area contributed by atoms with Crippen molar-refractivity contribution in [3.63, 3.8) is 0 Å². The van der Waals surface area contributed by atoms with Crippen LogP contribution in [0, 0.1) is 5.92 Å². The van der Waals surface area contributed by atoms with Crippen LogP contribution in [0.2, 0.25) is 0 Å². The van der Waals surface area contributed by atoms with Crippen LogP contribution in [-0.2, 0) is 25.7 Å². The molecule has 2 aliphatic rings. The normalized spacial score (nSPS) is 19.5. The number of thiazole rings is 1. The van der Waals surface area contributed by atoms with Crippen molar-refractivity contribution in [3.8, 4) is 0 Å². The SMILES string of the molecule is CCOC(=O)c1ccc(N2C(=O)C3Sc4c(sc(=O)n4CC(=O)Nc4ccccc4)[C@H](c4ccco4)C3C2=O)cc1. The summed E-state index contributed by atoms with van der Waals surface area (Å²) in [6, 6.07) is 18.4. The number of carbonyl (C=O) groups is 4. The number of fused-ring (bicyclic) bond motifs is 2. The van der Waals surface area contributed by atoms with Crippen LogP contribution in [0.15, 0.2) is 87.2 Å². The van der Waals surface area contributed by atoms with Gasteiger partial charge in [0.25, 0.3) is 0 Å². The van der Waals surface area contributed by atoms with Crippen molar-refractivity contribution in [2.24, 2.45) is 5.92 Å². The number of carbonyl (C=O) groups excluding carboxylic acids is 4. The van der Waals surface area contributed by atoms with E-state index in [-0.39, 0.29) is 18.0 Å². The zero-order chi connectivity index (χ0) is 28.7. The number of hydrogen-bond donors (Lipinski definition) is 1. The summed E-state index contributed by atoms with van der Waals surface area (Å²) >= 11 is 2.06. The number of para-hydroxylation sites is 1. The first-order valence-electron chi connectivity index (χ1n) is 12.8. The van der Waals surface area contributed by atoms with Crippen LogP contribution in [0.3, 0.4) is 0 Å². The predicted octanol–water partition coefficient (Wildman–Crippen LogP) is 4.11. The van der Waals surface area contributed by atoms with Crippen molar-refractivity contribution in [2.75, 3.05) is 16.8 Å². The summed E-state index contributed by atoms with van der Waals surface area (Å²) in [5, 5.41) is 2.39. The van der Waals surface area contributed by atoms with Crippen LogP contribution in [-0.4, -0.2) is 40.1 Å². The first-order chi connectivity index (χ1) is 19.9. The molecule has 0 spiro atoms. The van der Waals surface area contributed by atoms with Gasteiger partial charge in [-0.2, -0.15) is 0 Å². The summed E-state index contributed by atoms with van der Waals surface area (Å²) in [6.07, 6.45) is 1.48. The van der Waals surface area contributed by atoms with Crippen molar-refractivity contribution in [3.05, 3.63) is 98.9 Å². The third-order valence-corrected chi connectivity index (χ3v) is 9.50. The molecule has 0 radical (unpaired) electrons. The van der Waals surface area contributed by atoms with Gasteiger partial charge in [-0.1, -0.05) is 41.3 Å². The van der Waals surface area contributed by atoms with E-state index in [1.807, 2.05) is 6.07 Å². The number of thioether (sulfide) groups is 1. The molecule has 2 aromatic heterocycles. The summed E-state index contributed by atoms with van der Waals surface area (Å²) in [5.41, 5.74) is 1.22. The number of imide groups is 1. The van der Waals surface area contributed by atoms with Gasteiger partial charge in [-0.25, -0.2) is 9.69 Å². The highest BCUT2D eigenvalue weighted by Crippen LogP contribution is 2.53. The molecule has 2 aliphatic heterocycles. The number of ether oxygens (including phenoxy) is 1. The molecule has 2 unspecified atom stereocenters. The summed E-state index contributed by atoms with van der Waals surface area (Å²) in [5.74, 6) is -2.85. The minimum Gasteiger partial charge on any atom is -0.469 e. The Morgan fingerprint density at radius 3 is 2.41 bits per heavy atom. The largest absolute Gasteiger partial charge is 0.469 e. The third kappa shape index (κ3) is 4.78. The molecule has 3 amide bonds. The van der Waals surface area contributed by atoms with Crippen LogP contribution in [0.1, 0.15) is 33.8 Å². The number of aromatic nitrogens is 1. The molecule has 0 aliphatic carbocycles. The van der Waals surface area contributed by atoms with Crippen molar-refractivity contribution in [1.82, 2.24) is 4.57 Å². The Morgan fingerprint density at radius 2 is 1.73 bits per heavy atom. The minimum atomic E-state index is -0.854. The van der Waals surface area contributed by atoms with Gasteiger partial charge in [0.15, 0.2) is 0 Å². The average molecular weight is 590 g/mol. The Bertz CT molecular complexity index is 1690. The predicted molar refractivity (Wildman–Crippen MR) is 152 cm³/mol. The Labute approximate surface area is 241 Å². The van der Waals surface area contributed by atoms with Crippen LogP contribution in [0.4, 0.5) is 11.4 Å². The van der Waals surface area contributed by atoms with Crippen molar-refractivity contribution in [1.29, 1.82) is 0 Å². The topological polar surface area (TPSA) is 128 Å². The van der Waals surface area contributed by atoms with E-state index in [0.717, 1.165) is 28.0 Å². The zero-order valence-corrected chi connectivity index (χ0v) is 23.3. The lowest BCUT2D eigenvalue weighted by molar-refractivity contribution is -0.122. The number of amides is 3. The monoisotopic (exact) mass is 589 g/mol. The summed E-state index contributed by atoms with van der Waals surface area (Å²) in [7, 11) is 0. The molecular weight excluding hydrogens is 566 g/mol. The van der Waals surface area contributed by atoms with Crippen LogP contribution in [0.25, 0.3) is 0 Å². The van der Waals surface area contributed by atoms with Gasteiger partial charge < -0.3 is 14.5 Å². The van der Waals surface area contributed by atoms with E-state index < -0.39 is 40.8 Å². The lowest BCUT2D eigenvalue weighted by atomic mass is 9.87. The number of benzene rings is 2. The van der Waals surface area contributed by atoms with Gasteiger partial charge in [0.1, 0.15) is 17.6 Å². The minimum absolute atomic E-state index is 0.224. The Balaban J connectivity index is 1.35. The highest BCUT2D eigenvalue weighted by Gasteiger charge is 2.57. The number of anilines is 2. The molecule has 4 heterocycles. The standard InChI is InChI=1S/C29H23N3O7S2/c1-2-38-28(36)16-10-12-18(13-11-16)32-25(34)22-21(19-9-6-14-39-19)24-27(40-23(22)26(32)35)31(29(37)41-24)15-20(33)30-17-7-4-3-5-8-17/h3-14,21-23H,2,15H2,1H3,(H,30,33)/t21-,22?,23?/m1/s1. The molecule has 12 heteroatoms. The van der Waals surface area contributed by atoms with Crippen LogP contribution in [0.5, 0.6) is 0 Å². The van der Waals surface area contributed by atoms with Gasteiger partial charge in [0.05, 0.1) is 45.9 Å². The summed E-state index contributed by atoms with van der Waals surface area (Å²) in [6.45, 7) is 1.67. The Morgan fingerprint density at radius 1 is 0.976 bits per heavy atom. The van der Waals surface area contributed by atoms with Gasteiger partial charge in [0, 0.05) is 5.69 Å². The third-order valence-electron chi connectivity index (χ3n) is 6.89. The van der Waals surface area contributed by atoms with Crippen molar-refractivity contribution < 1.29 is 28.3 Å². The summed E-state index contributed by atoms with van der Waals surface area (Å²) in [4.78, 5) is 67.1.